The molecule has 0 saturated carbocycles. The average molecular weight is 416 g/mol. The number of hydrogen-bond donors (Lipinski definition) is 0. The van der Waals surface area contributed by atoms with Crippen molar-refractivity contribution >= 4 is 29.3 Å². The predicted molar refractivity (Wildman–Crippen MR) is 112 cm³/mol. The standard InChI is InChI=1S/C21H22ClN3O2S/c1-27-16-5-3-15(4-6-16)20(14-23)24-9-11-25(12-10-24)21(26)18-13-17(28-2)7-8-19(18)22/h3-8,13,20H,9-12H2,1-2H3. The Hall–Kier alpha value is -2.20. The van der Waals surface area contributed by atoms with Gasteiger partial charge in [0.1, 0.15) is 11.8 Å². The van der Waals surface area contributed by atoms with E-state index in [-0.39, 0.29) is 11.9 Å². The van der Waals surface area contributed by atoms with Crippen LogP contribution in [0.15, 0.2) is 47.4 Å². The summed E-state index contributed by atoms with van der Waals surface area (Å²) < 4.78 is 5.18. The molecule has 0 aliphatic carbocycles. The number of rotatable bonds is 5. The van der Waals surface area contributed by atoms with Crippen molar-refractivity contribution in [3.63, 3.8) is 0 Å². The van der Waals surface area contributed by atoms with Gasteiger partial charge < -0.3 is 9.64 Å². The lowest BCUT2D eigenvalue weighted by molar-refractivity contribution is 0.0606. The topological polar surface area (TPSA) is 56.6 Å². The summed E-state index contributed by atoms with van der Waals surface area (Å²) in [4.78, 5) is 17.8. The molecule has 1 saturated heterocycles. The molecule has 5 nitrogen and oxygen atoms in total. The van der Waals surface area contributed by atoms with Gasteiger partial charge in [0.15, 0.2) is 0 Å². The van der Waals surface area contributed by atoms with Crippen molar-refractivity contribution in [1.29, 1.82) is 5.26 Å². The summed E-state index contributed by atoms with van der Waals surface area (Å²) in [6, 6.07) is 15.1. The van der Waals surface area contributed by atoms with E-state index in [1.54, 1.807) is 24.9 Å². The fourth-order valence-electron chi connectivity index (χ4n) is 3.30. The Morgan fingerprint density at radius 3 is 2.43 bits per heavy atom. The van der Waals surface area contributed by atoms with Gasteiger partial charge in [0.2, 0.25) is 0 Å². The Morgan fingerprint density at radius 2 is 1.86 bits per heavy atom. The van der Waals surface area contributed by atoms with E-state index >= 15 is 0 Å². The SMILES string of the molecule is COc1ccc(C(C#N)N2CCN(C(=O)c3cc(SC)ccc3Cl)CC2)cc1. The first-order chi connectivity index (χ1) is 13.6. The molecule has 1 aliphatic heterocycles. The van der Waals surface area contributed by atoms with E-state index in [4.69, 9.17) is 16.3 Å². The molecule has 3 rings (SSSR count). The number of nitrogens with zero attached hydrogens (tertiary/aromatic N) is 3. The van der Waals surface area contributed by atoms with Crippen LogP contribution in [0, 0.1) is 11.3 Å². The van der Waals surface area contributed by atoms with Gasteiger partial charge in [-0.05, 0) is 42.2 Å². The maximum absolute atomic E-state index is 12.9. The number of amides is 1. The van der Waals surface area contributed by atoms with E-state index in [0.717, 1.165) is 16.2 Å². The quantitative estimate of drug-likeness (QED) is 0.688. The van der Waals surface area contributed by atoms with Gasteiger partial charge in [-0.2, -0.15) is 5.26 Å². The zero-order valence-electron chi connectivity index (χ0n) is 15.9. The Labute approximate surface area is 174 Å². The lowest BCUT2D eigenvalue weighted by Gasteiger charge is -2.37. The van der Waals surface area contributed by atoms with Crippen molar-refractivity contribution in [2.75, 3.05) is 39.5 Å². The highest BCUT2D eigenvalue weighted by Crippen LogP contribution is 2.27. The Morgan fingerprint density at radius 1 is 1.18 bits per heavy atom. The molecule has 1 atom stereocenters. The van der Waals surface area contributed by atoms with Crippen molar-refractivity contribution in [3.8, 4) is 11.8 Å². The van der Waals surface area contributed by atoms with E-state index < -0.39 is 0 Å². The minimum atomic E-state index is -0.341. The van der Waals surface area contributed by atoms with Gasteiger partial charge in [-0.25, -0.2) is 0 Å². The average Bonchev–Trinajstić information content (AvgIpc) is 2.75. The molecule has 1 aliphatic rings. The number of benzene rings is 2. The van der Waals surface area contributed by atoms with Gasteiger partial charge in [-0.3, -0.25) is 9.69 Å². The van der Waals surface area contributed by atoms with Crippen LogP contribution in [0.25, 0.3) is 0 Å². The first-order valence-corrected chi connectivity index (χ1v) is 10.6. The number of thioether (sulfide) groups is 1. The van der Waals surface area contributed by atoms with Crippen LogP contribution in [0.4, 0.5) is 0 Å². The summed E-state index contributed by atoms with van der Waals surface area (Å²) in [6.07, 6.45) is 1.97. The third-order valence-corrected chi connectivity index (χ3v) is 5.98. The summed E-state index contributed by atoms with van der Waals surface area (Å²) in [5, 5.41) is 10.2. The number of carbonyl (C=O) groups excluding carboxylic acids is 1. The lowest BCUT2D eigenvalue weighted by atomic mass is 10.1. The maximum Gasteiger partial charge on any atom is 0.255 e. The van der Waals surface area contributed by atoms with Crippen LogP contribution < -0.4 is 4.74 Å². The summed E-state index contributed by atoms with van der Waals surface area (Å²) >= 11 is 7.83. The number of piperazine rings is 1. The Kier molecular flexibility index (Phi) is 6.84. The van der Waals surface area contributed by atoms with E-state index in [0.29, 0.717) is 36.8 Å². The van der Waals surface area contributed by atoms with Crippen molar-refractivity contribution in [3.05, 3.63) is 58.6 Å². The van der Waals surface area contributed by atoms with Crippen molar-refractivity contribution in [2.24, 2.45) is 0 Å². The molecule has 1 unspecified atom stereocenters. The number of nitriles is 1. The van der Waals surface area contributed by atoms with Crippen LogP contribution in [0.5, 0.6) is 5.75 Å². The second-order valence-electron chi connectivity index (χ2n) is 6.48. The molecular formula is C21H22ClN3O2S. The third-order valence-electron chi connectivity index (χ3n) is 4.92. The molecule has 1 amide bonds. The third kappa shape index (κ3) is 4.44. The van der Waals surface area contributed by atoms with Crippen LogP contribution in [0.3, 0.4) is 0 Å². The van der Waals surface area contributed by atoms with Crippen LogP contribution in [0.1, 0.15) is 22.0 Å². The van der Waals surface area contributed by atoms with Gasteiger partial charge in [0.25, 0.3) is 5.91 Å². The minimum absolute atomic E-state index is 0.0569. The lowest BCUT2D eigenvalue weighted by Crippen LogP contribution is -2.49. The number of halogens is 1. The largest absolute Gasteiger partial charge is 0.497 e. The van der Waals surface area contributed by atoms with Crippen LogP contribution in [-0.4, -0.2) is 55.3 Å². The van der Waals surface area contributed by atoms with Crippen molar-refractivity contribution < 1.29 is 9.53 Å². The number of ether oxygens (including phenoxy) is 1. The molecule has 0 bridgehead atoms. The molecule has 0 aromatic heterocycles. The molecule has 146 valence electrons. The summed E-state index contributed by atoms with van der Waals surface area (Å²) in [6.45, 7) is 2.39. The van der Waals surface area contributed by atoms with Gasteiger partial charge in [0, 0.05) is 31.1 Å². The molecule has 2 aromatic rings. The maximum atomic E-state index is 12.9. The number of carbonyl (C=O) groups is 1. The second kappa shape index (κ2) is 9.33. The minimum Gasteiger partial charge on any atom is -0.497 e. The molecule has 0 N–H and O–H groups in total. The fraction of sp³-hybridized carbons (Fsp3) is 0.333. The van der Waals surface area contributed by atoms with Crippen LogP contribution in [0.2, 0.25) is 5.02 Å². The summed E-state index contributed by atoms with van der Waals surface area (Å²) in [7, 11) is 1.62. The molecule has 1 heterocycles. The highest BCUT2D eigenvalue weighted by Gasteiger charge is 2.28. The van der Waals surface area contributed by atoms with Crippen molar-refractivity contribution in [1.82, 2.24) is 9.80 Å². The first kappa shape index (κ1) is 20.5. The molecule has 0 spiro atoms. The fourth-order valence-corrected chi connectivity index (χ4v) is 3.94. The summed E-state index contributed by atoms with van der Waals surface area (Å²) in [5.41, 5.74) is 1.47. The van der Waals surface area contributed by atoms with Crippen LogP contribution >= 0.6 is 23.4 Å². The molecule has 0 radical (unpaired) electrons. The molecule has 7 heteroatoms. The van der Waals surface area contributed by atoms with Gasteiger partial charge in [0.05, 0.1) is 23.8 Å². The predicted octanol–water partition coefficient (Wildman–Crippen LogP) is 4.09. The Balaban J connectivity index is 1.67. The number of hydrogen-bond acceptors (Lipinski definition) is 5. The molecule has 1 fully saturated rings. The van der Waals surface area contributed by atoms with Gasteiger partial charge in [-0.15, -0.1) is 11.8 Å². The van der Waals surface area contributed by atoms with Gasteiger partial charge >= 0.3 is 0 Å². The van der Waals surface area contributed by atoms with Crippen LogP contribution in [-0.2, 0) is 0 Å². The van der Waals surface area contributed by atoms with E-state index in [1.165, 1.54) is 0 Å². The highest BCUT2D eigenvalue weighted by atomic mass is 35.5. The molecular weight excluding hydrogens is 394 g/mol. The molecule has 2 aromatic carbocycles. The molecule has 28 heavy (non-hydrogen) atoms. The zero-order chi connectivity index (χ0) is 20.1. The zero-order valence-corrected chi connectivity index (χ0v) is 17.5. The first-order valence-electron chi connectivity index (χ1n) is 8.97. The van der Waals surface area contributed by atoms with E-state index in [2.05, 4.69) is 11.0 Å². The highest BCUT2D eigenvalue weighted by molar-refractivity contribution is 7.98. The second-order valence-corrected chi connectivity index (χ2v) is 7.77. The van der Waals surface area contributed by atoms with Crippen molar-refractivity contribution in [2.45, 2.75) is 10.9 Å². The van der Waals surface area contributed by atoms with E-state index in [9.17, 15) is 10.1 Å². The normalized spacial score (nSPS) is 15.7. The van der Waals surface area contributed by atoms with E-state index in [1.807, 2.05) is 47.6 Å². The smallest absolute Gasteiger partial charge is 0.255 e. The monoisotopic (exact) mass is 415 g/mol. The van der Waals surface area contributed by atoms with Gasteiger partial charge in [-0.1, -0.05) is 23.7 Å². The Bertz CT molecular complexity index is 874. The number of methoxy groups -OCH3 is 1. The summed E-state index contributed by atoms with van der Waals surface area (Å²) in [5.74, 6) is 0.707.